The predicted octanol–water partition coefficient (Wildman–Crippen LogP) is 2.94. The summed E-state index contributed by atoms with van der Waals surface area (Å²) in [7, 11) is 1.61. The zero-order chi connectivity index (χ0) is 14.6. The Morgan fingerprint density at radius 1 is 1.26 bits per heavy atom. The van der Waals surface area contributed by atoms with Crippen LogP contribution in [0.3, 0.4) is 0 Å². The number of aliphatic hydroxyl groups is 1. The minimum Gasteiger partial charge on any atom is -0.497 e. The van der Waals surface area contributed by atoms with Gasteiger partial charge in [0.15, 0.2) is 5.78 Å². The molecule has 3 heteroatoms. The molecule has 0 saturated heterocycles. The maximum absolute atomic E-state index is 11.8. The van der Waals surface area contributed by atoms with Gasteiger partial charge in [0.1, 0.15) is 5.75 Å². The van der Waals surface area contributed by atoms with Crippen molar-refractivity contribution in [1.82, 2.24) is 0 Å². The molecule has 0 aliphatic rings. The van der Waals surface area contributed by atoms with E-state index in [-0.39, 0.29) is 11.7 Å². The monoisotopic (exact) mass is 262 g/mol. The van der Waals surface area contributed by atoms with Crippen LogP contribution in [0, 0.1) is 5.92 Å². The van der Waals surface area contributed by atoms with Crippen molar-refractivity contribution in [2.45, 2.75) is 32.8 Å². The molecule has 1 aromatic rings. The van der Waals surface area contributed by atoms with E-state index in [1.54, 1.807) is 21.0 Å². The smallest absolute Gasteiger partial charge is 0.163 e. The van der Waals surface area contributed by atoms with Crippen molar-refractivity contribution in [3.8, 4) is 5.75 Å². The first-order chi connectivity index (χ1) is 8.88. The zero-order valence-corrected chi connectivity index (χ0v) is 12.0. The summed E-state index contributed by atoms with van der Waals surface area (Å²) in [4.78, 5) is 11.8. The molecule has 3 nitrogen and oxygen atoms in total. The number of allylic oxidation sites excluding steroid dienone is 1. The molecular weight excluding hydrogens is 240 g/mol. The molecule has 1 rings (SSSR count). The molecule has 0 aliphatic carbocycles. The highest BCUT2D eigenvalue weighted by molar-refractivity contribution is 5.96. The third kappa shape index (κ3) is 3.67. The van der Waals surface area contributed by atoms with Gasteiger partial charge in [-0.25, -0.2) is 0 Å². The van der Waals surface area contributed by atoms with E-state index in [0.29, 0.717) is 5.57 Å². The second-order valence-electron chi connectivity index (χ2n) is 4.99. The number of methoxy groups -OCH3 is 1. The van der Waals surface area contributed by atoms with Gasteiger partial charge in [-0.15, -0.1) is 0 Å². The fraction of sp³-hybridized carbons (Fsp3) is 0.438. The lowest BCUT2D eigenvalue weighted by Gasteiger charge is -2.24. The molecule has 1 N–H and O–H groups in total. The minimum atomic E-state index is -0.724. The number of hydrogen-bond acceptors (Lipinski definition) is 3. The highest BCUT2D eigenvalue weighted by Crippen LogP contribution is 2.27. The van der Waals surface area contributed by atoms with Crippen LogP contribution in [0.5, 0.6) is 5.75 Å². The Morgan fingerprint density at radius 3 is 2.21 bits per heavy atom. The minimum absolute atomic E-state index is 0.0899. The van der Waals surface area contributed by atoms with Crippen LogP contribution in [0.4, 0.5) is 0 Å². The van der Waals surface area contributed by atoms with Crippen molar-refractivity contribution < 1.29 is 14.6 Å². The Bertz CT molecular complexity index is 448. The van der Waals surface area contributed by atoms with Gasteiger partial charge in [0.05, 0.1) is 13.2 Å². The second-order valence-corrected chi connectivity index (χ2v) is 4.99. The van der Waals surface area contributed by atoms with E-state index in [1.165, 1.54) is 0 Å². The summed E-state index contributed by atoms with van der Waals surface area (Å²) in [5.74, 6) is 0.114. The average Bonchev–Trinajstić information content (AvgIpc) is 2.44. The van der Waals surface area contributed by atoms with Crippen molar-refractivity contribution in [3.63, 3.8) is 0 Å². The van der Waals surface area contributed by atoms with Gasteiger partial charge in [0.25, 0.3) is 0 Å². The summed E-state index contributed by atoms with van der Waals surface area (Å²) >= 11 is 0. The van der Waals surface area contributed by atoms with Crippen LogP contribution in [0.25, 0.3) is 0 Å². The lowest BCUT2D eigenvalue weighted by Crippen LogP contribution is -2.30. The van der Waals surface area contributed by atoms with Gasteiger partial charge in [-0.3, -0.25) is 4.79 Å². The van der Waals surface area contributed by atoms with Gasteiger partial charge >= 0.3 is 0 Å². The number of carbonyl (C=O) groups excluding carboxylic acids is 1. The number of ketones is 1. The van der Waals surface area contributed by atoms with Gasteiger partial charge < -0.3 is 9.84 Å². The fourth-order valence-corrected chi connectivity index (χ4v) is 2.08. The Balaban J connectivity index is 2.83. The van der Waals surface area contributed by atoms with Gasteiger partial charge in [-0.2, -0.15) is 0 Å². The van der Waals surface area contributed by atoms with E-state index in [0.717, 1.165) is 11.3 Å². The Kier molecular flexibility index (Phi) is 5.31. The Morgan fingerprint density at radius 2 is 1.79 bits per heavy atom. The first-order valence-corrected chi connectivity index (χ1v) is 6.40. The second kappa shape index (κ2) is 6.53. The van der Waals surface area contributed by atoms with Crippen molar-refractivity contribution >= 4 is 5.78 Å². The first-order valence-electron chi connectivity index (χ1n) is 6.40. The molecule has 0 aliphatic heterocycles. The molecule has 0 amide bonds. The molecule has 0 bridgehead atoms. The number of hydrogen-bond donors (Lipinski definition) is 1. The van der Waals surface area contributed by atoms with E-state index >= 15 is 0 Å². The molecule has 0 saturated carbocycles. The molecular formula is C16H22O3. The van der Waals surface area contributed by atoms with Crippen LogP contribution in [-0.2, 0) is 4.79 Å². The van der Waals surface area contributed by atoms with Crippen LogP contribution in [-0.4, -0.2) is 24.1 Å². The number of rotatable bonds is 6. The molecule has 104 valence electrons. The van der Waals surface area contributed by atoms with Crippen LogP contribution >= 0.6 is 0 Å². The predicted molar refractivity (Wildman–Crippen MR) is 76.4 cm³/mol. The zero-order valence-electron chi connectivity index (χ0n) is 12.0. The average molecular weight is 262 g/mol. The van der Waals surface area contributed by atoms with Crippen LogP contribution in [0.15, 0.2) is 36.4 Å². The van der Waals surface area contributed by atoms with E-state index in [2.05, 4.69) is 6.58 Å². The van der Waals surface area contributed by atoms with Crippen LogP contribution in [0.1, 0.15) is 32.3 Å². The molecule has 0 radical (unpaired) electrons. The lowest BCUT2D eigenvalue weighted by molar-refractivity contribution is -0.122. The maximum atomic E-state index is 11.8. The highest BCUT2D eigenvalue weighted by Gasteiger charge is 2.27. The lowest BCUT2D eigenvalue weighted by atomic mass is 9.84. The van der Waals surface area contributed by atoms with E-state index in [1.807, 2.05) is 31.2 Å². The number of benzene rings is 1. The third-order valence-corrected chi connectivity index (χ3v) is 3.50. The summed E-state index contributed by atoms with van der Waals surface area (Å²) in [5.41, 5.74) is 1.46. The maximum Gasteiger partial charge on any atom is 0.163 e. The molecule has 0 spiro atoms. The molecule has 0 unspecified atom stereocenters. The summed E-state index contributed by atoms with van der Waals surface area (Å²) in [6.07, 6.45) is -0.724. The first kappa shape index (κ1) is 15.4. The molecule has 1 aromatic carbocycles. The third-order valence-electron chi connectivity index (χ3n) is 3.50. The molecule has 19 heavy (non-hydrogen) atoms. The topological polar surface area (TPSA) is 46.5 Å². The summed E-state index contributed by atoms with van der Waals surface area (Å²) in [6, 6.07) is 7.52. The van der Waals surface area contributed by atoms with Crippen LogP contribution in [0.2, 0.25) is 0 Å². The van der Waals surface area contributed by atoms with Gasteiger partial charge in [-0.05, 0) is 30.2 Å². The van der Waals surface area contributed by atoms with Crippen LogP contribution < -0.4 is 4.74 Å². The van der Waals surface area contributed by atoms with Gasteiger partial charge in [0.2, 0.25) is 0 Å². The summed E-state index contributed by atoms with van der Waals surface area (Å²) < 4.78 is 5.10. The Labute approximate surface area is 114 Å². The summed E-state index contributed by atoms with van der Waals surface area (Å²) in [5, 5.41) is 10.3. The highest BCUT2D eigenvalue weighted by atomic mass is 16.5. The van der Waals surface area contributed by atoms with Crippen molar-refractivity contribution in [1.29, 1.82) is 0 Å². The molecule has 0 heterocycles. The normalized spacial score (nSPS) is 15.4. The Hall–Kier alpha value is -1.61. The SMILES string of the molecule is C=C(C)C(=O)[C@@H](C)[C@H](O)[C@@H](C)c1ccc(OC)cc1. The molecule has 0 fully saturated rings. The van der Waals surface area contributed by atoms with Crippen molar-refractivity contribution in [3.05, 3.63) is 42.0 Å². The number of carbonyl (C=O) groups is 1. The number of ether oxygens (including phenoxy) is 1. The fourth-order valence-electron chi connectivity index (χ4n) is 2.08. The van der Waals surface area contributed by atoms with Crippen molar-refractivity contribution in [2.24, 2.45) is 5.92 Å². The number of Topliss-reactive ketones (excluding diaryl/α,β-unsaturated/α-hetero) is 1. The largest absolute Gasteiger partial charge is 0.497 e. The van der Waals surface area contributed by atoms with E-state index < -0.39 is 12.0 Å². The van der Waals surface area contributed by atoms with Gasteiger partial charge in [0, 0.05) is 11.8 Å². The molecule has 3 atom stereocenters. The summed E-state index contributed by atoms with van der Waals surface area (Å²) in [6.45, 7) is 8.96. The standard InChI is InChI=1S/C16H22O3/c1-10(2)15(17)12(4)16(18)11(3)13-6-8-14(19-5)9-7-13/h6-9,11-12,16,18H,1H2,2-5H3/t11-,12+,16+/m0/s1. The van der Waals surface area contributed by atoms with E-state index in [9.17, 15) is 9.90 Å². The van der Waals surface area contributed by atoms with Gasteiger partial charge in [-0.1, -0.05) is 32.6 Å². The van der Waals surface area contributed by atoms with Crippen molar-refractivity contribution in [2.75, 3.05) is 7.11 Å². The molecule has 0 aromatic heterocycles. The van der Waals surface area contributed by atoms with E-state index in [4.69, 9.17) is 4.74 Å². The quantitative estimate of drug-likeness (QED) is 0.802. The number of aliphatic hydroxyl groups excluding tert-OH is 1.